The highest BCUT2D eigenvalue weighted by Gasteiger charge is 2.27. The van der Waals surface area contributed by atoms with E-state index in [-0.39, 0.29) is 0 Å². The van der Waals surface area contributed by atoms with Gasteiger partial charge in [-0.15, -0.1) is 0 Å². The summed E-state index contributed by atoms with van der Waals surface area (Å²) in [6.45, 7) is 8.41. The molecule has 0 spiro atoms. The van der Waals surface area contributed by atoms with Gasteiger partial charge in [0.15, 0.2) is 0 Å². The van der Waals surface area contributed by atoms with Gasteiger partial charge in [0.05, 0.1) is 0 Å². The summed E-state index contributed by atoms with van der Waals surface area (Å²) in [6, 6.07) is 0.795. The summed E-state index contributed by atoms with van der Waals surface area (Å²) < 4.78 is 0. The zero-order valence-corrected chi connectivity index (χ0v) is 13.5. The number of hydrogen-bond acceptors (Lipinski definition) is 3. The van der Waals surface area contributed by atoms with Crippen LogP contribution in [0.15, 0.2) is 6.20 Å². The molecule has 3 rings (SSSR count). The highest BCUT2D eigenvalue weighted by Crippen LogP contribution is 2.21. The summed E-state index contributed by atoms with van der Waals surface area (Å²) >= 11 is 0. The number of unbranched alkanes of at least 4 members (excludes halogenated alkanes) is 1. The maximum atomic E-state index is 4.52. The SMILES string of the molecule is CCCCc1ncc(CN2CCCC(N3CCCC3)C2)[nH]1. The average Bonchev–Trinajstić information content (AvgIpc) is 3.17. The van der Waals surface area contributed by atoms with Crippen molar-refractivity contribution in [2.24, 2.45) is 0 Å². The molecule has 0 amide bonds. The topological polar surface area (TPSA) is 35.2 Å². The largest absolute Gasteiger partial charge is 0.345 e. The van der Waals surface area contributed by atoms with Crippen molar-refractivity contribution >= 4 is 0 Å². The predicted octanol–water partition coefficient (Wildman–Crippen LogP) is 2.81. The molecule has 0 radical (unpaired) electrons. The van der Waals surface area contributed by atoms with E-state index >= 15 is 0 Å². The van der Waals surface area contributed by atoms with Crippen LogP contribution in [0.1, 0.15) is 57.0 Å². The first kappa shape index (κ1) is 15.0. The van der Waals surface area contributed by atoms with E-state index in [9.17, 15) is 0 Å². The number of aromatic nitrogens is 2. The predicted molar refractivity (Wildman–Crippen MR) is 86.3 cm³/mol. The zero-order valence-electron chi connectivity index (χ0n) is 13.5. The fourth-order valence-electron chi connectivity index (χ4n) is 3.78. The molecule has 1 aromatic heterocycles. The van der Waals surface area contributed by atoms with Crippen molar-refractivity contribution in [2.75, 3.05) is 26.2 Å². The first-order chi connectivity index (χ1) is 10.3. The molecule has 118 valence electrons. The van der Waals surface area contributed by atoms with Gasteiger partial charge >= 0.3 is 0 Å². The molecule has 21 heavy (non-hydrogen) atoms. The molecule has 1 atom stereocenters. The van der Waals surface area contributed by atoms with Crippen LogP contribution in [0.5, 0.6) is 0 Å². The van der Waals surface area contributed by atoms with Gasteiger partial charge in [-0.25, -0.2) is 4.98 Å². The van der Waals surface area contributed by atoms with Crippen molar-refractivity contribution in [3.63, 3.8) is 0 Å². The Kier molecular flexibility index (Phi) is 5.31. The van der Waals surface area contributed by atoms with Crippen molar-refractivity contribution in [1.29, 1.82) is 0 Å². The average molecular weight is 290 g/mol. The van der Waals surface area contributed by atoms with Crippen LogP contribution in [0, 0.1) is 0 Å². The Labute approximate surface area is 128 Å². The number of nitrogens with one attached hydrogen (secondary N) is 1. The smallest absolute Gasteiger partial charge is 0.106 e. The van der Waals surface area contributed by atoms with E-state index in [1.54, 1.807) is 0 Å². The molecule has 2 aliphatic rings. The number of imidazole rings is 1. The molecule has 0 saturated carbocycles. The minimum atomic E-state index is 0.795. The second-order valence-electron chi connectivity index (χ2n) is 6.73. The van der Waals surface area contributed by atoms with Crippen LogP contribution in [0.3, 0.4) is 0 Å². The molecule has 1 unspecified atom stereocenters. The van der Waals surface area contributed by atoms with Crippen LogP contribution in [0.2, 0.25) is 0 Å². The summed E-state index contributed by atoms with van der Waals surface area (Å²) in [4.78, 5) is 13.4. The van der Waals surface area contributed by atoms with Crippen molar-refractivity contribution in [3.05, 3.63) is 17.7 Å². The quantitative estimate of drug-likeness (QED) is 0.875. The van der Waals surface area contributed by atoms with E-state index in [0.717, 1.165) is 19.0 Å². The molecule has 2 fully saturated rings. The highest BCUT2D eigenvalue weighted by atomic mass is 15.2. The Balaban J connectivity index is 1.50. The van der Waals surface area contributed by atoms with Crippen LogP contribution >= 0.6 is 0 Å². The number of piperidine rings is 1. The van der Waals surface area contributed by atoms with Gasteiger partial charge in [0.2, 0.25) is 0 Å². The summed E-state index contributed by atoms with van der Waals surface area (Å²) in [5.41, 5.74) is 1.29. The lowest BCUT2D eigenvalue weighted by Gasteiger charge is -2.37. The number of nitrogens with zero attached hydrogens (tertiary/aromatic N) is 3. The number of hydrogen-bond donors (Lipinski definition) is 1. The fraction of sp³-hybridized carbons (Fsp3) is 0.824. The Morgan fingerprint density at radius 3 is 2.90 bits per heavy atom. The molecular formula is C17H30N4. The van der Waals surface area contributed by atoms with Crippen LogP contribution < -0.4 is 0 Å². The Morgan fingerprint density at radius 2 is 2.10 bits per heavy atom. The molecule has 3 heterocycles. The van der Waals surface area contributed by atoms with Gasteiger partial charge in [0, 0.05) is 37.4 Å². The van der Waals surface area contributed by atoms with Gasteiger partial charge in [0.1, 0.15) is 5.82 Å². The third kappa shape index (κ3) is 4.07. The van der Waals surface area contributed by atoms with E-state index in [4.69, 9.17) is 0 Å². The molecular weight excluding hydrogens is 260 g/mol. The third-order valence-corrected chi connectivity index (χ3v) is 4.98. The molecule has 1 N–H and O–H groups in total. The van der Waals surface area contributed by atoms with Crippen LogP contribution in [0.25, 0.3) is 0 Å². The molecule has 2 saturated heterocycles. The standard InChI is InChI=1S/C17H30N4/c1-2-3-8-17-18-12-15(19-17)13-20-9-6-7-16(14-20)21-10-4-5-11-21/h12,16H,2-11,13-14H2,1H3,(H,18,19). The normalized spacial score (nSPS) is 24.7. The molecule has 4 nitrogen and oxygen atoms in total. The monoisotopic (exact) mass is 290 g/mol. The maximum Gasteiger partial charge on any atom is 0.106 e. The Hall–Kier alpha value is -0.870. The Morgan fingerprint density at radius 1 is 1.24 bits per heavy atom. The number of likely N-dealkylation sites (tertiary alicyclic amines) is 2. The van der Waals surface area contributed by atoms with E-state index in [2.05, 4.69) is 26.7 Å². The second-order valence-corrected chi connectivity index (χ2v) is 6.73. The summed E-state index contributed by atoms with van der Waals surface area (Å²) in [7, 11) is 0. The van der Waals surface area contributed by atoms with E-state index in [1.165, 1.54) is 76.2 Å². The van der Waals surface area contributed by atoms with Crippen molar-refractivity contribution in [2.45, 2.75) is 64.5 Å². The summed E-state index contributed by atoms with van der Waals surface area (Å²) in [5.74, 6) is 1.17. The van der Waals surface area contributed by atoms with Gasteiger partial charge in [-0.3, -0.25) is 9.80 Å². The summed E-state index contributed by atoms with van der Waals surface area (Å²) in [5, 5.41) is 0. The molecule has 1 aromatic rings. The Bertz CT molecular complexity index is 422. The van der Waals surface area contributed by atoms with Gasteiger partial charge < -0.3 is 4.98 Å². The van der Waals surface area contributed by atoms with E-state index in [1.807, 2.05) is 6.20 Å². The minimum absolute atomic E-state index is 0.795. The van der Waals surface area contributed by atoms with E-state index in [0.29, 0.717) is 0 Å². The molecule has 0 aliphatic carbocycles. The van der Waals surface area contributed by atoms with Crippen molar-refractivity contribution in [1.82, 2.24) is 19.8 Å². The number of H-pyrrole nitrogens is 1. The molecule has 4 heteroatoms. The highest BCUT2D eigenvalue weighted by molar-refractivity contribution is 5.02. The summed E-state index contributed by atoms with van der Waals surface area (Å²) in [6.07, 6.45) is 11.1. The van der Waals surface area contributed by atoms with Gasteiger partial charge in [0.25, 0.3) is 0 Å². The van der Waals surface area contributed by atoms with E-state index < -0.39 is 0 Å². The third-order valence-electron chi connectivity index (χ3n) is 4.98. The van der Waals surface area contributed by atoms with Crippen LogP contribution in [-0.2, 0) is 13.0 Å². The van der Waals surface area contributed by atoms with Crippen molar-refractivity contribution < 1.29 is 0 Å². The molecule has 0 aromatic carbocycles. The molecule has 0 bridgehead atoms. The van der Waals surface area contributed by atoms with Crippen LogP contribution in [-0.4, -0.2) is 52.0 Å². The number of rotatable bonds is 6. The lowest BCUT2D eigenvalue weighted by molar-refractivity contribution is 0.110. The van der Waals surface area contributed by atoms with Gasteiger partial charge in [-0.05, 0) is 51.7 Å². The van der Waals surface area contributed by atoms with Crippen LogP contribution in [0.4, 0.5) is 0 Å². The molecule has 2 aliphatic heterocycles. The first-order valence-electron chi connectivity index (χ1n) is 8.84. The minimum Gasteiger partial charge on any atom is -0.345 e. The van der Waals surface area contributed by atoms with Gasteiger partial charge in [-0.2, -0.15) is 0 Å². The lowest BCUT2D eigenvalue weighted by Crippen LogP contribution is -2.46. The van der Waals surface area contributed by atoms with Gasteiger partial charge in [-0.1, -0.05) is 13.3 Å². The number of aromatic amines is 1. The first-order valence-corrected chi connectivity index (χ1v) is 8.84. The number of aryl methyl sites for hydroxylation is 1. The maximum absolute atomic E-state index is 4.52. The fourth-order valence-corrected chi connectivity index (χ4v) is 3.78. The lowest BCUT2D eigenvalue weighted by atomic mass is 10.0. The second kappa shape index (κ2) is 7.41. The zero-order chi connectivity index (χ0) is 14.5. The van der Waals surface area contributed by atoms with Crippen molar-refractivity contribution in [3.8, 4) is 0 Å².